The Balaban J connectivity index is 2.29. The number of hydrogen-bond donors (Lipinski definition) is 1. The van der Waals surface area contributed by atoms with Crippen LogP contribution in [0.5, 0.6) is 0 Å². The first-order valence-corrected chi connectivity index (χ1v) is 13.0. The van der Waals surface area contributed by atoms with Gasteiger partial charge in [-0.1, -0.05) is 84.5 Å². The average Bonchev–Trinajstić information content (AvgIpc) is 2.75. The van der Waals surface area contributed by atoms with Crippen molar-refractivity contribution in [2.45, 2.75) is 142 Å². The van der Waals surface area contributed by atoms with Crippen molar-refractivity contribution in [3.8, 4) is 0 Å². The summed E-state index contributed by atoms with van der Waals surface area (Å²) >= 11 is 0. The van der Waals surface area contributed by atoms with E-state index in [9.17, 15) is 9.59 Å². The molecule has 1 fully saturated rings. The molecule has 176 valence electrons. The van der Waals surface area contributed by atoms with Gasteiger partial charge < -0.3 is 9.84 Å². The molecule has 1 aliphatic rings. The van der Waals surface area contributed by atoms with Crippen molar-refractivity contribution in [1.29, 1.82) is 0 Å². The summed E-state index contributed by atoms with van der Waals surface area (Å²) in [5, 5.41) is 9.15. The number of hydrogen-bond acceptors (Lipinski definition) is 3. The highest BCUT2D eigenvalue weighted by Crippen LogP contribution is 2.30. The van der Waals surface area contributed by atoms with Crippen LogP contribution >= 0.6 is 0 Å². The molecule has 0 bridgehead atoms. The lowest BCUT2D eigenvalue weighted by Gasteiger charge is -2.27. The Morgan fingerprint density at radius 3 is 1.57 bits per heavy atom. The first-order valence-electron chi connectivity index (χ1n) is 13.0. The number of esters is 1. The molecule has 30 heavy (non-hydrogen) atoms. The van der Waals surface area contributed by atoms with Gasteiger partial charge in [0, 0.05) is 0 Å². The van der Waals surface area contributed by atoms with Gasteiger partial charge in [-0.15, -0.1) is 0 Å². The number of aliphatic carboxylic acids is 1. The van der Waals surface area contributed by atoms with Gasteiger partial charge in [-0.2, -0.15) is 0 Å². The minimum atomic E-state index is -0.721. The quantitative estimate of drug-likeness (QED) is 0.181. The van der Waals surface area contributed by atoms with Crippen molar-refractivity contribution >= 4 is 11.9 Å². The average molecular weight is 425 g/mol. The van der Waals surface area contributed by atoms with Gasteiger partial charge in [-0.25, -0.2) is 0 Å². The highest BCUT2D eigenvalue weighted by atomic mass is 16.5. The number of carboxylic acid groups (broad SMARTS) is 1. The van der Waals surface area contributed by atoms with Crippen LogP contribution in [0.4, 0.5) is 0 Å². The molecule has 0 amide bonds. The zero-order valence-corrected chi connectivity index (χ0v) is 19.8. The summed E-state index contributed by atoms with van der Waals surface area (Å²) < 4.78 is 5.95. The van der Waals surface area contributed by atoms with E-state index in [1.807, 2.05) is 0 Å². The fourth-order valence-corrected chi connectivity index (χ4v) is 4.58. The van der Waals surface area contributed by atoms with Gasteiger partial charge in [0.25, 0.3) is 0 Å². The predicted octanol–water partition coefficient (Wildman–Crippen LogP) is 7.68. The van der Waals surface area contributed by atoms with Crippen LogP contribution in [0.3, 0.4) is 0 Å². The van der Waals surface area contributed by atoms with Crippen LogP contribution < -0.4 is 0 Å². The summed E-state index contributed by atoms with van der Waals surface area (Å²) in [7, 11) is 0. The first kappa shape index (κ1) is 27.0. The molecule has 1 rings (SSSR count). The van der Waals surface area contributed by atoms with E-state index in [0.29, 0.717) is 25.7 Å². The van der Waals surface area contributed by atoms with Crippen molar-refractivity contribution < 1.29 is 19.4 Å². The number of unbranched alkanes of at least 4 members (excludes halogenated alkanes) is 11. The molecule has 0 aromatic carbocycles. The second kappa shape index (κ2) is 17.6. The number of carbonyl (C=O) groups is 2. The minimum Gasteiger partial charge on any atom is -0.481 e. The van der Waals surface area contributed by atoms with Crippen LogP contribution in [-0.2, 0) is 14.3 Å². The van der Waals surface area contributed by atoms with Gasteiger partial charge in [0.2, 0.25) is 0 Å². The fraction of sp³-hybridized carbons (Fsp3) is 0.923. The lowest BCUT2D eigenvalue weighted by atomic mass is 9.82. The van der Waals surface area contributed by atoms with Gasteiger partial charge in [-0.05, 0) is 51.4 Å². The molecule has 0 saturated heterocycles. The molecular weight excluding hydrogens is 376 g/mol. The van der Waals surface area contributed by atoms with E-state index in [1.54, 1.807) is 0 Å². The van der Waals surface area contributed by atoms with Gasteiger partial charge in [0.1, 0.15) is 6.10 Å². The third kappa shape index (κ3) is 12.6. The standard InChI is InChI=1S/C26H48O4/c1-3-5-7-9-10-11-12-13-15-17-24(16-14-8-6-4-2)30-26(29)23-20-18-22(19-21-23)25(27)28/h22-24H,3-21H2,1-2H3,(H,27,28). The Kier molecular flexibility index (Phi) is 15.8. The lowest BCUT2D eigenvalue weighted by Crippen LogP contribution is -2.29. The van der Waals surface area contributed by atoms with Crippen LogP contribution in [0.25, 0.3) is 0 Å². The van der Waals surface area contributed by atoms with Crippen LogP contribution in [-0.4, -0.2) is 23.1 Å². The predicted molar refractivity (Wildman–Crippen MR) is 124 cm³/mol. The molecule has 0 spiro atoms. The summed E-state index contributed by atoms with van der Waals surface area (Å²) in [4.78, 5) is 23.8. The van der Waals surface area contributed by atoms with Gasteiger partial charge in [-0.3, -0.25) is 9.59 Å². The van der Waals surface area contributed by atoms with E-state index in [4.69, 9.17) is 9.84 Å². The van der Waals surface area contributed by atoms with E-state index in [2.05, 4.69) is 13.8 Å². The van der Waals surface area contributed by atoms with Crippen molar-refractivity contribution in [3.05, 3.63) is 0 Å². The molecule has 0 aromatic rings. The first-order chi connectivity index (χ1) is 14.6. The van der Waals surface area contributed by atoms with Gasteiger partial charge in [0.05, 0.1) is 11.8 Å². The SMILES string of the molecule is CCCCCCCCCCCC(CCCCCC)OC(=O)C1CCC(C(=O)O)CC1. The fourth-order valence-electron chi connectivity index (χ4n) is 4.58. The van der Waals surface area contributed by atoms with Crippen LogP contribution in [0.15, 0.2) is 0 Å². The molecule has 0 heterocycles. The Morgan fingerprint density at radius 2 is 1.10 bits per heavy atom. The lowest BCUT2D eigenvalue weighted by molar-refractivity contribution is -0.158. The zero-order valence-electron chi connectivity index (χ0n) is 19.8. The van der Waals surface area contributed by atoms with Crippen molar-refractivity contribution in [1.82, 2.24) is 0 Å². The summed E-state index contributed by atoms with van der Waals surface area (Å²) in [6, 6.07) is 0. The summed E-state index contributed by atoms with van der Waals surface area (Å²) in [5.41, 5.74) is 0. The number of carbonyl (C=O) groups excluding carboxylic acids is 1. The normalized spacial score (nSPS) is 20.1. The minimum absolute atomic E-state index is 0.0520. The molecule has 1 aliphatic carbocycles. The molecule has 1 atom stereocenters. The number of carboxylic acids is 1. The van der Waals surface area contributed by atoms with Crippen LogP contribution in [0, 0.1) is 11.8 Å². The van der Waals surface area contributed by atoms with E-state index in [1.165, 1.54) is 70.6 Å². The Morgan fingerprint density at radius 1 is 0.700 bits per heavy atom. The second-order valence-corrected chi connectivity index (χ2v) is 9.41. The molecule has 1 unspecified atom stereocenters. The van der Waals surface area contributed by atoms with Gasteiger partial charge >= 0.3 is 11.9 Å². The summed E-state index contributed by atoms with van der Waals surface area (Å²) in [5.74, 6) is -1.17. The maximum absolute atomic E-state index is 12.7. The number of ether oxygens (including phenoxy) is 1. The largest absolute Gasteiger partial charge is 0.481 e. The van der Waals surface area contributed by atoms with Crippen LogP contribution in [0.1, 0.15) is 136 Å². The molecule has 0 aliphatic heterocycles. The second-order valence-electron chi connectivity index (χ2n) is 9.41. The van der Waals surface area contributed by atoms with Crippen LogP contribution in [0.2, 0.25) is 0 Å². The summed E-state index contributed by atoms with van der Waals surface area (Å²) in [6.45, 7) is 4.47. The molecule has 0 radical (unpaired) electrons. The van der Waals surface area contributed by atoms with Crippen molar-refractivity contribution in [2.24, 2.45) is 11.8 Å². The smallest absolute Gasteiger partial charge is 0.309 e. The molecule has 0 aromatic heterocycles. The van der Waals surface area contributed by atoms with E-state index >= 15 is 0 Å². The molecule has 1 saturated carbocycles. The Labute approximate surface area is 185 Å². The Bertz CT molecular complexity index is 440. The van der Waals surface area contributed by atoms with Gasteiger partial charge in [0.15, 0.2) is 0 Å². The zero-order chi connectivity index (χ0) is 22.0. The third-order valence-corrected chi connectivity index (χ3v) is 6.70. The molecule has 4 heteroatoms. The van der Waals surface area contributed by atoms with Crippen molar-refractivity contribution in [3.63, 3.8) is 0 Å². The molecule has 1 N–H and O–H groups in total. The molecule has 4 nitrogen and oxygen atoms in total. The highest BCUT2D eigenvalue weighted by Gasteiger charge is 2.31. The number of rotatable bonds is 18. The Hall–Kier alpha value is -1.06. The van der Waals surface area contributed by atoms with E-state index < -0.39 is 5.97 Å². The third-order valence-electron chi connectivity index (χ3n) is 6.70. The van der Waals surface area contributed by atoms with Crippen molar-refractivity contribution in [2.75, 3.05) is 0 Å². The topological polar surface area (TPSA) is 63.6 Å². The maximum Gasteiger partial charge on any atom is 0.309 e. The monoisotopic (exact) mass is 424 g/mol. The van der Waals surface area contributed by atoms with E-state index in [-0.39, 0.29) is 23.9 Å². The highest BCUT2D eigenvalue weighted by molar-refractivity contribution is 5.74. The van der Waals surface area contributed by atoms with E-state index in [0.717, 1.165) is 25.7 Å². The summed E-state index contributed by atoms with van der Waals surface area (Å²) in [6.07, 6.45) is 21.1. The maximum atomic E-state index is 12.7. The molecular formula is C26H48O4.